The lowest BCUT2D eigenvalue weighted by atomic mass is 9.87. The van der Waals surface area contributed by atoms with Crippen molar-refractivity contribution in [1.82, 2.24) is 0 Å². The van der Waals surface area contributed by atoms with Crippen molar-refractivity contribution in [2.24, 2.45) is 0 Å². The van der Waals surface area contributed by atoms with Crippen molar-refractivity contribution in [3.05, 3.63) is 179 Å². The van der Waals surface area contributed by atoms with Crippen LogP contribution in [0.2, 0.25) is 0 Å². The lowest BCUT2D eigenvalue weighted by Crippen LogP contribution is -2.13. The molecular weight excluding hydrogens is 677 g/mol. The van der Waals surface area contributed by atoms with Crippen LogP contribution in [0.15, 0.2) is 175 Å². The summed E-state index contributed by atoms with van der Waals surface area (Å²) < 4.78 is 0. The third-order valence-corrected chi connectivity index (χ3v) is 14.1. The fraction of sp³-hybridized carbons (Fsp3) is 0.294. The van der Waals surface area contributed by atoms with Gasteiger partial charge in [-0.3, -0.25) is 0 Å². The average Bonchev–Trinajstić information content (AvgIpc) is 3.11. The van der Waals surface area contributed by atoms with Gasteiger partial charge in [-0.2, -0.15) is 0 Å². The van der Waals surface area contributed by atoms with E-state index in [2.05, 4.69) is 229 Å². The fourth-order valence-corrected chi connectivity index (χ4v) is 10.2. The van der Waals surface area contributed by atoms with Crippen LogP contribution in [0.1, 0.15) is 95.7 Å². The van der Waals surface area contributed by atoms with Gasteiger partial charge in [-0.15, -0.1) is 0 Å². The highest BCUT2D eigenvalue weighted by atomic mass is 32.2. The first-order valence-electron chi connectivity index (χ1n) is 18.9. The molecule has 0 radical (unpaired) electrons. The normalized spacial score (nSPS) is 12.1. The molecule has 0 atom stereocenters. The second-order valence-electron chi connectivity index (χ2n) is 17.4. The van der Waals surface area contributed by atoms with Crippen LogP contribution in [-0.4, -0.2) is 0 Å². The Hall–Kier alpha value is -3.98. The third-order valence-electron chi connectivity index (χ3n) is 9.64. The van der Waals surface area contributed by atoms with Crippen LogP contribution in [-0.2, 0) is 38.0 Å². The molecule has 0 amide bonds. The summed E-state index contributed by atoms with van der Waals surface area (Å²) in [6.07, 6.45) is 0. The molecule has 0 aliphatic rings. The number of aryl methyl sites for hydroxylation is 3. The van der Waals surface area contributed by atoms with Gasteiger partial charge < -0.3 is 0 Å². The van der Waals surface area contributed by atoms with Crippen LogP contribution >= 0.6 is 0 Å². The molecular formula is C51H60S2+2. The number of benzene rings is 6. The Labute approximate surface area is 327 Å². The second kappa shape index (κ2) is 16.6. The Bertz CT molecular complexity index is 1790. The molecule has 6 aromatic rings. The van der Waals surface area contributed by atoms with E-state index in [0.29, 0.717) is 0 Å². The van der Waals surface area contributed by atoms with Crippen molar-refractivity contribution in [3.63, 3.8) is 0 Å². The zero-order chi connectivity index (χ0) is 38.6. The molecule has 0 aromatic heterocycles. The van der Waals surface area contributed by atoms with Gasteiger partial charge >= 0.3 is 0 Å². The molecule has 0 fully saturated rings. The molecule has 0 saturated heterocycles. The van der Waals surface area contributed by atoms with Gasteiger partial charge in [0.15, 0.2) is 29.4 Å². The van der Waals surface area contributed by atoms with E-state index in [9.17, 15) is 0 Å². The minimum atomic E-state index is -0.120. The van der Waals surface area contributed by atoms with E-state index >= 15 is 0 Å². The predicted octanol–water partition coefficient (Wildman–Crippen LogP) is 14.4. The van der Waals surface area contributed by atoms with E-state index in [4.69, 9.17) is 0 Å². The molecule has 53 heavy (non-hydrogen) atoms. The van der Waals surface area contributed by atoms with Crippen LogP contribution < -0.4 is 0 Å². The summed E-state index contributed by atoms with van der Waals surface area (Å²) in [6.45, 7) is 26.9. The van der Waals surface area contributed by atoms with Crippen LogP contribution in [0.3, 0.4) is 0 Å². The summed E-state index contributed by atoms with van der Waals surface area (Å²) in [7, 11) is -0.159. The summed E-state index contributed by atoms with van der Waals surface area (Å²) in [5.41, 5.74) is 8.56. The minimum absolute atomic E-state index is 0.0394. The Morgan fingerprint density at radius 2 is 0.396 bits per heavy atom. The maximum atomic E-state index is 2.33. The van der Waals surface area contributed by atoms with E-state index in [1.54, 1.807) is 0 Å². The molecule has 0 heterocycles. The Morgan fingerprint density at radius 3 is 0.547 bits per heavy atom. The monoisotopic (exact) mass is 736 g/mol. The SMILES string of the molecule is CC(C)(C)c1ccc([S+](c2ccc(C(C)(C)C)cc2)c2ccc(C(C)(C)C)cc2)cc1.Cc1ccc([S+](c2ccc(C)cc2)c2ccc(C)cc2)cc1. The summed E-state index contributed by atoms with van der Waals surface area (Å²) in [4.78, 5) is 8.25. The number of rotatable bonds is 6. The molecule has 6 rings (SSSR count). The van der Waals surface area contributed by atoms with Crippen LogP contribution in [0.4, 0.5) is 0 Å². The maximum absolute atomic E-state index is 2.33. The topological polar surface area (TPSA) is 0 Å². The van der Waals surface area contributed by atoms with Crippen LogP contribution in [0.5, 0.6) is 0 Å². The van der Waals surface area contributed by atoms with E-state index < -0.39 is 0 Å². The average molecular weight is 737 g/mol. The standard InChI is InChI=1S/C30H39S.C21H21S/c1-28(2,3)22-10-16-25(17-11-22)31(26-18-12-23(13-19-26)29(4,5)6)27-20-14-24(15-21-27)30(7,8)9;1-16-4-10-19(11-5-16)22(20-12-6-17(2)7-13-20)21-14-8-18(3)9-15-21/h10-21H,1-9H3;4-15H,1-3H3/q2*+1. The minimum Gasteiger partial charge on any atom is -0.0561 e. The number of hydrogen-bond donors (Lipinski definition) is 0. The first-order valence-corrected chi connectivity index (χ1v) is 21.4. The Morgan fingerprint density at radius 1 is 0.245 bits per heavy atom. The fourth-order valence-electron chi connectivity index (χ4n) is 6.11. The molecule has 0 N–H and O–H groups in total. The zero-order valence-corrected chi connectivity index (χ0v) is 35.8. The van der Waals surface area contributed by atoms with Crippen LogP contribution in [0.25, 0.3) is 0 Å². The molecule has 0 unspecified atom stereocenters. The highest BCUT2D eigenvalue weighted by molar-refractivity contribution is 7.97. The van der Waals surface area contributed by atoms with Crippen molar-refractivity contribution in [2.75, 3.05) is 0 Å². The molecule has 2 heteroatoms. The molecule has 6 aromatic carbocycles. The van der Waals surface area contributed by atoms with Gasteiger partial charge in [-0.25, -0.2) is 0 Å². The second-order valence-corrected chi connectivity index (χ2v) is 21.4. The smallest absolute Gasteiger partial charge is 0.0561 e. The Balaban J connectivity index is 0.000000216. The lowest BCUT2D eigenvalue weighted by molar-refractivity contribution is 0.589. The van der Waals surface area contributed by atoms with E-state index in [0.717, 1.165) is 0 Å². The van der Waals surface area contributed by atoms with Crippen molar-refractivity contribution in [3.8, 4) is 0 Å². The first-order chi connectivity index (χ1) is 24.9. The molecule has 274 valence electrons. The summed E-state index contributed by atoms with van der Waals surface area (Å²) in [6, 6.07) is 54.7. The van der Waals surface area contributed by atoms with Crippen LogP contribution in [0, 0.1) is 20.8 Å². The van der Waals surface area contributed by atoms with Gasteiger partial charge in [-0.05, 0) is 127 Å². The summed E-state index contributed by atoms with van der Waals surface area (Å²) >= 11 is 0. The van der Waals surface area contributed by atoms with Crippen molar-refractivity contribution in [1.29, 1.82) is 0 Å². The largest absolute Gasteiger partial charge is 0.166 e. The molecule has 0 spiro atoms. The van der Waals surface area contributed by atoms with E-state index in [1.165, 1.54) is 62.8 Å². The molecule has 0 bridgehead atoms. The van der Waals surface area contributed by atoms with E-state index in [-0.39, 0.29) is 38.0 Å². The predicted molar refractivity (Wildman–Crippen MR) is 233 cm³/mol. The quantitative estimate of drug-likeness (QED) is 0.149. The van der Waals surface area contributed by atoms with Gasteiger partial charge in [0, 0.05) is 0 Å². The molecule has 0 saturated carbocycles. The first kappa shape index (κ1) is 40.2. The van der Waals surface area contributed by atoms with E-state index in [1.807, 2.05) is 0 Å². The Kier molecular flexibility index (Phi) is 12.6. The van der Waals surface area contributed by atoms with Gasteiger partial charge in [0.2, 0.25) is 0 Å². The molecule has 0 nitrogen and oxygen atoms in total. The summed E-state index contributed by atoms with van der Waals surface area (Å²) in [5, 5.41) is 0. The van der Waals surface area contributed by atoms with Crippen molar-refractivity contribution < 1.29 is 0 Å². The maximum Gasteiger partial charge on any atom is 0.166 e. The van der Waals surface area contributed by atoms with Gasteiger partial charge in [0.25, 0.3) is 0 Å². The molecule has 0 aliphatic heterocycles. The van der Waals surface area contributed by atoms with Crippen molar-refractivity contribution >= 4 is 21.8 Å². The van der Waals surface area contributed by atoms with Gasteiger partial charge in [-0.1, -0.05) is 152 Å². The van der Waals surface area contributed by atoms with Gasteiger partial charge in [0.05, 0.1) is 21.8 Å². The lowest BCUT2D eigenvalue weighted by Gasteiger charge is -2.21. The highest BCUT2D eigenvalue weighted by Gasteiger charge is 2.31. The number of hydrogen-bond acceptors (Lipinski definition) is 0. The van der Waals surface area contributed by atoms with Gasteiger partial charge in [0.1, 0.15) is 0 Å². The third kappa shape index (κ3) is 10.6. The van der Waals surface area contributed by atoms with Crippen molar-refractivity contribution in [2.45, 2.75) is 129 Å². The summed E-state index contributed by atoms with van der Waals surface area (Å²) in [5.74, 6) is 0. The highest BCUT2D eigenvalue weighted by Crippen LogP contribution is 2.36. The zero-order valence-electron chi connectivity index (χ0n) is 34.2. The molecule has 0 aliphatic carbocycles.